The minimum atomic E-state index is 0.129. The first kappa shape index (κ1) is 12.1. The number of amides is 1. The SMILES string of the molecule is O=C(Nc1ccc2ncccc2c1)C1CCNCC1. The molecule has 1 aliphatic rings. The predicted octanol–water partition coefficient (Wildman–Crippen LogP) is 2.17. The number of carbonyl (C=O) groups is 1. The highest BCUT2D eigenvalue weighted by Gasteiger charge is 2.20. The third kappa shape index (κ3) is 2.74. The summed E-state index contributed by atoms with van der Waals surface area (Å²) in [5.41, 5.74) is 1.80. The van der Waals surface area contributed by atoms with E-state index in [0.717, 1.165) is 42.5 Å². The summed E-state index contributed by atoms with van der Waals surface area (Å²) >= 11 is 0. The molecule has 1 fully saturated rings. The number of pyridine rings is 1. The number of nitrogens with one attached hydrogen (secondary N) is 2. The van der Waals surface area contributed by atoms with E-state index >= 15 is 0 Å². The third-order valence-electron chi connectivity index (χ3n) is 3.58. The van der Waals surface area contributed by atoms with Crippen LogP contribution in [0.15, 0.2) is 36.5 Å². The molecule has 0 unspecified atom stereocenters. The van der Waals surface area contributed by atoms with Gasteiger partial charge in [0.25, 0.3) is 0 Å². The van der Waals surface area contributed by atoms with Gasteiger partial charge in [0.2, 0.25) is 5.91 Å². The van der Waals surface area contributed by atoms with Crippen molar-refractivity contribution in [3.63, 3.8) is 0 Å². The normalized spacial score (nSPS) is 16.4. The van der Waals surface area contributed by atoms with Gasteiger partial charge < -0.3 is 10.6 Å². The molecule has 4 nitrogen and oxygen atoms in total. The fourth-order valence-electron chi connectivity index (χ4n) is 2.48. The van der Waals surface area contributed by atoms with Crippen molar-refractivity contribution < 1.29 is 4.79 Å². The zero-order valence-corrected chi connectivity index (χ0v) is 10.7. The maximum Gasteiger partial charge on any atom is 0.227 e. The lowest BCUT2D eigenvalue weighted by molar-refractivity contribution is -0.120. The van der Waals surface area contributed by atoms with E-state index in [-0.39, 0.29) is 11.8 Å². The van der Waals surface area contributed by atoms with Crippen molar-refractivity contribution in [2.45, 2.75) is 12.8 Å². The lowest BCUT2D eigenvalue weighted by Crippen LogP contribution is -2.34. The fraction of sp³-hybridized carbons (Fsp3) is 0.333. The van der Waals surface area contributed by atoms with Gasteiger partial charge in [0.1, 0.15) is 0 Å². The summed E-state index contributed by atoms with van der Waals surface area (Å²) in [5, 5.41) is 7.33. The van der Waals surface area contributed by atoms with Gasteiger partial charge in [-0.25, -0.2) is 0 Å². The zero-order chi connectivity index (χ0) is 13.1. The summed E-state index contributed by atoms with van der Waals surface area (Å²) in [6, 6.07) is 9.73. The number of anilines is 1. The van der Waals surface area contributed by atoms with E-state index in [2.05, 4.69) is 15.6 Å². The van der Waals surface area contributed by atoms with Gasteiger partial charge >= 0.3 is 0 Å². The summed E-state index contributed by atoms with van der Waals surface area (Å²) in [5.74, 6) is 0.260. The van der Waals surface area contributed by atoms with Crippen molar-refractivity contribution >= 4 is 22.5 Å². The largest absolute Gasteiger partial charge is 0.326 e. The van der Waals surface area contributed by atoms with E-state index in [0.29, 0.717) is 0 Å². The molecule has 2 N–H and O–H groups in total. The third-order valence-corrected chi connectivity index (χ3v) is 3.58. The predicted molar refractivity (Wildman–Crippen MR) is 76.0 cm³/mol. The van der Waals surface area contributed by atoms with E-state index in [9.17, 15) is 4.79 Å². The van der Waals surface area contributed by atoms with Crippen LogP contribution in [0, 0.1) is 5.92 Å². The van der Waals surface area contributed by atoms with Gasteiger partial charge in [0.15, 0.2) is 0 Å². The number of fused-ring (bicyclic) bond motifs is 1. The quantitative estimate of drug-likeness (QED) is 0.864. The standard InChI is InChI=1S/C15H17N3O/c19-15(11-5-8-16-9-6-11)18-13-3-4-14-12(10-13)2-1-7-17-14/h1-4,7,10-11,16H,5-6,8-9H2,(H,18,19). The molecule has 0 bridgehead atoms. The van der Waals surface area contributed by atoms with Crippen LogP contribution in [0.1, 0.15) is 12.8 Å². The van der Waals surface area contributed by atoms with Crippen molar-refractivity contribution in [1.82, 2.24) is 10.3 Å². The van der Waals surface area contributed by atoms with Gasteiger partial charge in [-0.1, -0.05) is 6.07 Å². The van der Waals surface area contributed by atoms with Crippen LogP contribution in [0.4, 0.5) is 5.69 Å². The smallest absolute Gasteiger partial charge is 0.227 e. The summed E-state index contributed by atoms with van der Waals surface area (Å²) in [7, 11) is 0. The average Bonchev–Trinajstić information content (AvgIpc) is 2.48. The number of benzene rings is 1. The number of hydrogen-bond donors (Lipinski definition) is 2. The number of aromatic nitrogens is 1. The molecular weight excluding hydrogens is 238 g/mol. The Hall–Kier alpha value is -1.94. The van der Waals surface area contributed by atoms with Gasteiger partial charge in [0, 0.05) is 23.2 Å². The molecule has 0 aliphatic carbocycles. The highest BCUT2D eigenvalue weighted by molar-refractivity contribution is 5.95. The Morgan fingerprint density at radius 3 is 2.95 bits per heavy atom. The summed E-state index contributed by atoms with van der Waals surface area (Å²) in [6.45, 7) is 1.86. The van der Waals surface area contributed by atoms with E-state index in [4.69, 9.17) is 0 Å². The molecule has 4 heteroatoms. The first-order valence-electron chi connectivity index (χ1n) is 6.69. The number of piperidine rings is 1. The van der Waals surface area contributed by atoms with Crippen molar-refractivity contribution in [2.75, 3.05) is 18.4 Å². The highest BCUT2D eigenvalue weighted by Crippen LogP contribution is 2.19. The molecule has 1 aliphatic heterocycles. The number of nitrogens with zero attached hydrogens (tertiary/aromatic N) is 1. The Labute approximate surface area is 112 Å². The van der Waals surface area contributed by atoms with Gasteiger partial charge in [0.05, 0.1) is 5.52 Å². The zero-order valence-electron chi connectivity index (χ0n) is 10.7. The molecule has 0 spiro atoms. The van der Waals surface area contributed by atoms with E-state index < -0.39 is 0 Å². The highest BCUT2D eigenvalue weighted by atomic mass is 16.1. The second kappa shape index (κ2) is 5.36. The molecule has 3 rings (SSSR count). The van der Waals surface area contributed by atoms with Crippen LogP contribution in [-0.2, 0) is 4.79 Å². The molecule has 0 saturated carbocycles. The average molecular weight is 255 g/mol. The second-order valence-electron chi connectivity index (χ2n) is 4.92. The van der Waals surface area contributed by atoms with Crippen LogP contribution in [0.3, 0.4) is 0 Å². The Morgan fingerprint density at radius 2 is 2.11 bits per heavy atom. The van der Waals surface area contributed by atoms with E-state index in [1.54, 1.807) is 6.20 Å². The van der Waals surface area contributed by atoms with Crippen LogP contribution in [0.2, 0.25) is 0 Å². The van der Waals surface area contributed by atoms with Crippen molar-refractivity contribution in [3.05, 3.63) is 36.5 Å². The van der Waals surface area contributed by atoms with E-state index in [1.165, 1.54) is 0 Å². The van der Waals surface area contributed by atoms with Crippen LogP contribution in [0.25, 0.3) is 10.9 Å². The maximum absolute atomic E-state index is 12.1. The van der Waals surface area contributed by atoms with Crippen molar-refractivity contribution in [1.29, 1.82) is 0 Å². The summed E-state index contributed by atoms with van der Waals surface area (Å²) in [6.07, 6.45) is 3.61. The van der Waals surface area contributed by atoms with E-state index in [1.807, 2.05) is 30.3 Å². The summed E-state index contributed by atoms with van der Waals surface area (Å²) in [4.78, 5) is 16.4. The van der Waals surface area contributed by atoms with Gasteiger partial charge in [-0.15, -0.1) is 0 Å². The van der Waals surface area contributed by atoms with Crippen molar-refractivity contribution in [2.24, 2.45) is 5.92 Å². The molecule has 1 aromatic carbocycles. The lowest BCUT2D eigenvalue weighted by atomic mass is 9.97. The summed E-state index contributed by atoms with van der Waals surface area (Å²) < 4.78 is 0. The molecule has 1 aromatic heterocycles. The molecule has 19 heavy (non-hydrogen) atoms. The number of rotatable bonds is 2. The molecule has 1 amide bonds. The Morgan fingerprint density at radius 1 is 1.26 bits per heavy atom. The monoisotopic (exact) mass is 255 g/mol. The van der Waals surface area contributed by atoms with Gasteiger partial charge in [-0.3, -0.25) is 9.78 Å². The molecular formula is C15H17N3O. The Bertz CT molecular complexity index is 591. The molecule has 2 aromatic rings. The Balaban J connectivity index is 1.75. The van der Waals surface area contributed by atoms with Crippen molar-refractivity contribution in [3.8, 4) is 0 Å². The number of hydrogen-bond acceptors (Lipinski definition) is 3. The van der Waals surface area contributed by atoms with Crippen LogP contribution >= 0.6 is 0 Å². The fourth-order valence-corrected chi connectivity index (χ4v) is 2.48. The van der Waals surface area contributed by atoms with Gasteiger partial charge in [-0.2, -0.15) is 0 Å². The molecule has 1 saturated heterocycles. The van der Waals surface area contributed by atoms with Gasteiger partial charge in [-0.05, 0) is 50.2 Å². The van der Waals surface area contributed by atoms with Crippen LogP contribution in [0.5, 0.6) is 0 Å². The van der Waals surface area contributed by atoms with Crippen LogP contribution < -0.4 is 10.6 Å². The number of carbonyl (C=O) groups excluding carboxylic acids is 1. The molecule has 2 heterocycles. The minimum Gasteiger partial charge on any atom is -0.326 e. The first-order valence-corrected chi connectivity index (χ1v) is 6.69. The lowest BCUT2D eigenvalue weighted by Gasteiger charge is -2.21. The van der Waals surface area contributed by atoms with Crippen LogP contribution in [-0.4, -0.2) is 24.0 Å². The molecule has 0 atom stereocenters. The minimum absolute atomic E-state index is 0.129. The topological polar surface area (TPSA) is 54.0 Å². The second-order valence-corrected chi connectivity index (χ2v) is 4.92. The first-order chi connectivity index (χ1) is 9.33. The maximum atomic E-state index is 12.1. The Kier molecular flexibility index (Phi) is 3.42. The molecule has 0 radical (unpaired) electrons. The molecule has 98 valence electrons.